The van der Waals surface area contributed by atoms with E-state index in [1.165, 1.54) is 23.0 Å². The minimum absolute atomic E-state index is 0.0608. The van der Waals surface area contributed by atoms with Crippen LogP contribution >= 0.6 is 0 Å². The van der Waals surface area contributed by atoms with Gasteiger partial charge >= 0.3 is 0 Å². The van der Waals surface area contributed by atoms with Gasteiger partial charge in [0.15, 0.2) is 5.78 Å². The molecule has 0 saturated carbocycles. The molecule has 1 fully saturated rings. The second-order valence-corrected chi connectivity index (χ2v) is 8.83. The van der Waals surface area contributed by atoms with Gasteiger partial charge in [-0.2, -0.15) is 0 Å². The number of allylic oxidation sites excluding steroid dienone is 1. The fourth-order valence-electron chi connectivity index (χ4n) is 4.72. The molecule has 8 heteroatoms. The first-order chi connectivity index (χ1) is 17.5. The zero-order valence-electron chi connectivity index (χ0n) is 20.7. The largest absolute Gasteiger partial charge is 0.868 e. The van der Waals surface area contributed by atoms with E-state index in [0.717, 1.165) is 38.4 Å². The molecule has 2 aliphatic rings. The second kappa shape index (κ2) is 11.9. The third-order valence-electron chi connectivity index (χ3n) is 6.64. The minimum Gasteiger partial charge on any atom is -0.868 e. The summed E-state index contributed by atoms with van der Waals surface area (Å²) in [7, 11) is 3.06. The van der Waals surface area contributed by atoms with Crippen molar-refractivity contribution in [1.82, 2.24) is 4.90 Å². The summed E-state index contributed by atoms with van der Waals surface area (Å²) in [5, 5.41) is 13.2. The number of morpholine rings is 1. The molecule has 0 bridgehead atoms. The molecule has 1 amide bonds. The van der Waals surface area contributed by atoms with E-state index < -0.39 is 23.5 Å². The molecule has 2 heterocycles. The summed E-state index contributed by atoms with van der Waals surface area (Å²) in [5.41, 5.74) is 1.34. The van der Waals surface area contributed by atoms with Gasteiger partial charge in [0.2, 0.25) is 5.91 Å². The van der Waals surface area contributed by atoms with Crippen molar-refractivity contribution in [3.8, 4) is 11.5 Å². The lowest BCUT2D eigenvalue weighted by Gasteiger charge is -2.30. The molecule has 2 aromatic carbocycles. The Balaban J connectivity index is 1.64. The Bertz CT molecular complexity index is 1140. The SMILES string of the molecule is COc1ccc(C2C(C(=O)C=Cc3ccccc3)=C([O-])C(=O)N2CCC[NH+]2CCOCC2)c(OC)c1. The van der Waals surface area contributed by atoms with Gasteiger partial charge < -0.3 is 29.1 Å². The number of nitrogens with one attached hydrogen (secondary N) is 1. The molecule has 1 unspecified atom stereocenters. The molecule has 1 saturated heterocycles. The number of rotatable bonds is 10. The Hall–Kier alpha value is -3.62. The molecule has 0 aliphatic carbocycles. The number of methoxy groups -OCH3 is 2. The summed E-state index contributed by atoms with van der Waals surface area (Å²) < 4.78 is 16.3. The molecule has 1 N–H and O–H groups in total. The Kier molecular flexibility index (Phi) is 8.40. The Morgan fingerprint density at radius 1 is 1.14 bits per heavy atom. The van der Waals surface area contributed by atoms with Crippen molar-refractivity contribution in [2.24, 2.45) is 0 Å². The number of ketones is 1. The van der Waals surface area contributed by atoms with E-state index in [1.807, 2.05) is 30.3 Å². The molecule has 190 valence electrons. The van der Waals surface area contributed by atoms with Crippen LogP contribution in [0.3, 0.4) is 0 Å². The summed E-state index contributed by atoms with van der Waals surface area (Å²) in [6, 6.07) is 13.7. The average molecular weight is 493 g/mol. The molecule has 0 radical (unpaired) electrons. The zero-order valence-corrected chi connectivity index (χ0v) is 20.7. The van der Waals surface area contributed by atoms with E-state index in [1.54, 1.807) is 31.4 Å². The van der Waals surface area contributed by atoms with Gasteiger partial charge in [0.05, 0.1) is 40.0 Å². The maximum absolute atomic E-state index is 13.3. The third kappa shape index (κ3) is 5.61. The Morgan fingerprint density at radius 2 is 1.89 bits per heavy atom. The molecule has 0 spiro atoms. The van der Waals surface area contributed by atoms with Crippen LogP contribution in [0.4, 0.5) is 0 Å². The Morgan fingerprint density at radius 3 is 2.58 bits per heavy atom. The number of hydrogen-bond donors (Lipinski definition) is 1. The topological polar surface area (TPSA) is 92.6 Å². The first kappa shape index (κ1) is 25.5. The summed E-state index contributed by atoms with van der Waals surface area (Å²) in [5.74, 6) is -0.888. The summed E-state index contributed by atoms with van der Waals surface area (Å²) in [4.78, 5) is 29.4. The summed E-state index contributed by atoms with van der Waals surface area (Å²) in [6.07, 6.45) is 3.71. The molecule has 8 nitrogen and oxygen atoms in total. The number of quaternary nitrogens is 1. The first-order valence-corrected chi connectivity index (χ1v) is 12.2. The van der Waals surface area contributed by atoms with Crippen LogP contribution in [0.1, 0.15) is 23.6 Å². The zero-order chi connectivity index (χ0) is 25.5. The fourth-order valence-corrected chi connectivity index (χ4v) is 4.72. The van der Waals surface area contributed by atoms with Crippen LogP contribution in [-0.2, 0) is 14.3 Å². The Labute approximate surface area is 211 Å². The molecular formula is C28H32N2O6. The van der Waals surface area contributed by atoms with E-state index >= 15 is 0 Å². The van der Waals surface area contributed by atoms with Crippen molar-refractivity contribution in [3.63, 3.8) is 0 Å². The van der Waals surface area contributed by atoms with Crippen molar-refractivity contribution in [2.75, 3.05) is 53.6 Å². The highest BCUT2D eigenvalue weighted by Gasteiger charge is 2.40. The summed E-state index contributed by atoms with van der Waals surface area (Å²) >= 11 is 0. The normalized spacial score (nSPS) is 18.8. The lowest BCUT2D eigenvalue weighted by atomic mass is 9.94. The highest BCUT2D eigenvalue weighted by Crippen LogP contribution is 2.42. The van der Waals surface area contributed by atoms with Crippen LogP contribution in [0.2, 0.25) is 0 Å². The molecule has 36 heavy (non-hydrogen) atoms. The minimum atomic E-state index is -0.835. The lowest BCUT2D eigenvalue weighted by Crippen LogP contribution is -3.14. The van der Waals surface area contributed by atoms with Gasteiger partial charge in [-0.05, 0) is 29.5 Å². The monoisotopic (exact) mass is 492 g/mol. The van der Waals surface area contributed by atoms with E-state index in [4.69, 9.17) is 14.2 Å². The number of carbonyl (C=O) groups excluding carboxylic acids is 2. The standard InChI is InChI=1S/C28H32N2O6/c1-34-21-10-11-22(24(19-21)35-2)26-25(23(31)12-9-20-7-4-3-5-8-20)27(32)28(33)30(26)14-6-13-29-15-17-36-18-16-29/h3-5,7-12,19,26,32H,6,13-18H2,1-2H3. The van der Waals surface area contributed by atoms with Crippen molar-refractivity contribution in [3.05, 3.63) is 77.1 Å². The molecule has 0 aromatic heterocycles. The maximum Gasteiger partial charge on any atom is 0.239 e. The number of nitrogens with zero attached hydrogens (tertiary/aromatic N) is 1. The van der Waals surface area contributed by atoms with Crippen molar-refractivity contribution in [2.45, 2.75) is 12.5 Å². The van der Waals surface area contributed by atoms with Crippen molar-refractivity contribution >= 4 is 17.8 Å². The number of benzene rings is 2. The quantitative estimate of drug-likeness (QED) is 0.493. The molecule has 2 aliphatic heterocycles. The molecular weight excluding hydrogens is 460 g/mol. The number of hydrogen-bond acceptors (Lipinski definition) is 6. The summed E-state index contributed by atoms with van der Waals surface area (Å²) in [6.45, 7) is 4.50. The average Bonchev–Trinajstić information content (AvgIpc) is 3.17. The number of amides is 1. The van der Waals surface area contributed by atoms with E-state index in [0.29, 0.717) is 30.0 Å². The highest BCUT2D eigenvalue weighted by molar-refractivity contribution is 6.14. The van der Waals surface area contributed by atoms with Crippen LogP contribution in [0.5, 0.6) is 11.5 Å². The molecule has 1 atom stereocenters. The van der Waals surface area contributed by atoms with Gasteiger partial charge in [0, 0.05) is 30.2 Å². The molecule has 2 aromatic rings. The third-order valence-corrected chi connectivity index (χ3v) is 6.64. The van der Waals surface area contributed by atoms with E-state index in [9.17, 15) is 14.7 Å². The maximum atomic E-state index is 13.3. The second-order valence-electron chi connectivity index (χ2n) is 8.83. The number of carbonyl (C=O) groups is 2. The van der Waals surface area contributed by atoms with Gasteiger partial charge in [0.1, 0.15) is 24.6 Å². The van der Waals surface area contributed by atoms with Crippen LogP contribution in [0, 0.1) is 0 Å². The van der Waals surface area contributed by atoms with Crippen LogP contribution in [0.15, 0.2) is 65.9 Å². The van der Waals surface area contributed by atoms with Crippen LogP contribution < -0.4 is 19.5 Å². The first-order valence-electron chi connectivity index (χ1n) is 12.2. The van der Waals surface area contributed by atoms with Gasteiger partial charge in [-0.25, -0.2) is 0 Å². The number of ether oxygens (including phenoxy) is 3. The highest BCUT2D eigenvalue weighted by atomic mass is 16.5. The van der Waals surface area contributed by atoms with Crippen molar-refractivity contribution < 1.29 is 33.8 Å². The fraction of sp³-hybridized carbons (Fsp3) is 0.357. The van der Waals surface area contributed by atoms with Crippen LogP contribution in [-0.4, -0.2) is 70.2 Å². The predicted octanol–water partition coefficient (Wildman–Crippen LogP) is 0.789. The lowest BCUT2D eigenvalue weighted by molar-refractivity contribution is -0.908. The van der Waals surface area contributed by atoms with Gasteiger partial charge in [-0.3, -0.25) is 9.59 Å². The van der Waals surface area contributed by atoms with Crippen LogP contribution in [0.25, 0.3) is 6.08 Å². The predicted molar refractivity (Wildman–Crippen MR) is 133 cm³/mol. The smallest absolute Gasteiger partial charge is 0.239 e. The van der Waals surface area contributed by atoms with E-state index in [-0.39, 0.29) is 5.57 Å². The van der Waals surface area contributed by atoms with Gasteiger partial charge in [-0.15, -0.1) is 0 Å². The van der Waals surface area contributed by atoms with Gasteiger partial charge in [-0.1, -0.05) is 36.4 Å². The molecule has 4 rings (SSSR count). The van der Waals surface area contributed by atoms with E-state index in [2.05, 4.69) is 0 Å². The van der Waals surface area contributed by atoms with Gasteiger partial charge in [0.25, 0.3) is 0 Å². The van der Waals surface area contributed by atoms with Crippen molar-refractivity contribution in [1.29, 1.82) is 0 Å².